The molecule has 1 atom stereocenters. The van der Waals surface area contributed by atoms with E-state index in [1.165, 1.54) is 0 Å². The number of unbranched alkanes of at least 4 members (excludes halogenated alkanes) is 1. The fraction of sp³-hybridized carbons (Fsp3) is 0.778. The molecule has 11 heavy (non-hydrogen) atoms. The Kier molecular flexibility index (Phi) is 5.58. The minimum Gasteiger partial charge on any atom is -0.502 e. The van der Waals surface area contributed by atoms with Gasteiger partial charge in [-0.3, -0.25) is 0 Å². The fourth-order valence-electron chi connectivity index (χ4n) is 1.07. The van der Waals surface area contributed by atoms with Crippen molar-refractivity contribution in [1.29, 1.82) is 0 Å². The number of hydrogen-bond donors (Lipinski definition) is 1. The van der Waals surface area contributed by atoms with E-state index in [0.717, 1.165) is 25.7 Å². The summed E-state index contributed by atoms with van der Waals surface area (Å²) in [5.74, 6) is 1.47. The van der Waals surface area contributed by atoms with Gasteiger partial charge < -0.3 is 5.11 Å². The summed E-state index contributed by atoms with van der Waals surface area (Å²) >= 11 is 0. The van der Waals surface area contributed by atoms with Crippen molar-refractivity contribution in [3.63, 3.8) is 0 Å². The average molecular weight is 156 g/mol. The molecule has 0 saturated carbocycles. The Morgan fingerprint density at radius 1 is 1.55 bits per heavy atom. The minimum atomic E-state index is -0.110. The smallest absolute Gasteiger partial charge is 0.179 e. The lowest BCUT2D eigenvalue weighted by Gasteiger charge is -2.09. The molecule has 0 radical (unpaired) electrons. The second-order valence-electron chi connectivity index (χ2n) is 2.73. The highest BCUT2D eigenvalue weighted by Gasteiger charge is 2.10. The Labute approximate surface area is 67.9 Å². The second kappa shape index (κ2) is 5.99. The van der Waals surface area contributed by atoms with Crippen LogP contribution in [0.1, 0.15) is 39.5 Å². The van der Waals surface area contributed by atoms with Gasteiger partial charge in [-0.15, -0.1) is 0 Å². The van der Waals surface area contributed by atoms with Gasteiger partial charge >= 0.3 is 0 Å². The molecule has 0 aliphatic rings. The summed E-state index contributed by atoms with van der Waals surface area (Å²) in [6.45, 7) is 4.06. The van der Waals surface area contributed by atoms with Crippen LogP contribution in [0.3, 0.4) is 0 Å². The standard InChI is InChI=1S/C9H16O2/c1-3-5-6-8(4-2)9(11)7-10/h8,11H,3-6H2,1-2H3. The summed E-state index contributed by atoms with van der Waals surface area (Å²) in [5.41, 5.74) is 0. The summed E-state index contributed by atoms with van der Waals surface area (Å²) in [7, 11) is 0. The van der Waals surface area contributed by atoms with Crippen molar-refractivity contribution in [3.05, 3.63) is 5.76 Å². The normalized spacial score (nSPS) is 12.2. The lowest BCUT2D eigenvalue weighted by Crippen LogP contribution is -2.02. The molecule has 0 rings (SSSR count). The topological polar surface area (TPSA) is 37.3 Å². The predicted molar refractivity (Wildman–Crippen MR) is 45.1 cm³/mol. The second-order valence-corrected chi connectivity index (χ2v) is 2.73. The van der Waals surface area contributed by atoms with Crippen LogP contribution in [-0.4, -0.2) is 11.0 Å². The van der Waals surface area contributed by atoms with Crippen molar-refractivity contribution in [1.82, 2.24) is 0 Å². The van der Waals surface area contributed by atoms with Crippen LogP contribution < -0.4 is 0 Å². The van der Waals surface area contributed by atoms with E-state index in [1.807, 2.05) is 6.92 Å². The van der Waals surface area contributed by atoms with Gasteiger partial charge in [0.1, 0.15) is 0 Å². The Balaban J connectivity index is 3.85. The lowest BCUT2D eigenvalue weighted by molar-refractivity contribution is 0.312. The van der Waals surface area contributed by atoms with Crippen LogP contribution in [0, 0.1) is 5.92 Å². The van der Waals surface area contributed by atoms with E-state index in [2.05, 4.69) is 6.92 Å². The predicted octanol–water partition coefficient (Wildman–Crippen LogP) is 2.48. The van der Waals surface area contributed by atoms with Gasteiger partial charge in [-0.05, 0) is 12.8 Å². The van der Waals surface area contributed by atoms with E-state index in [1.54, 1.807) is 5.94 Å². The van der Waals surface area contributed by atoms with Crippen molar-refractivity contribution in [3.8, 4) is 0 Å². The molecule has 0 fully saturated rings. The van der Waals surface area contributed by atoms with Gasteiger partial charge in [0, 0.05) is 5.92 Å². The summed E-state index contributed by atoms with van der Waals surface area (Å²) in [5, 5.41) is 9.04. The van der Waals surface area contributed by atoms with E-state index in [0.29, 0.717) is 0 Å². The molecular formula is C9H16O2. The maximum Gasteiger partial charge on any atom is 0.179 e. The maximum atomic E-state index is 10.1. The highest BCUT2D eigenvalue weighted by molar-refractivity contribution is 5.49. The molecule has 64 valence electrons. The zero-order chi connectivity index (χ0) is 8.69. The van der Waals surface area contributed by atoms with E-state index >= 15 is 0 Å². The van der Waals surface area contributed by atoms with Crippen molar-refractivity contribution in [2.24, 2.45) is 5.92 Å². The third-order valence-electron chi connectivity index (χ3n) is 1.89. The fourth-order valence-corrected chi connectivity index (χ4v) is 1.07. The van der Waals surface area contributed by atoms with Gasteiger partial charge in [-0.2, -0.15) is 0 Å². The molecule has 0 aliphatic carbocycles. The van der Waals surface area contributed by atoms with Gasteiger partial charge in [0.05, 0.1) is 0 Å². The Bertz CT molecular complexity index is 146. The van der Waals surface area contributed by atoms with Gasteiger partial charge in [0.25, 0.3) is 0 Å². The van der Waals surface area contributed by atoms with Crippen molar-refractivity contribution >= 4 is 5.94 Å². The first-order valence-electron chi connectivity index (χ1n) is 4.20. The molecule has 1 unspecified atom stereocenters. The first-order chi connectivity index (χ1) is 5.26. The van der Waals surface area contributed by atoms with Crippen LogP contribution in [0.4, 0.5) is 0 Å². The molecule has 2 heteroatoms. The van der Waals surface area contributed by atoms with Gasteiger partial charge in [0.2, 0.25) is 0 Å². The number of hydrogen-bond acceptors (Lipinski definition) is 2. The van der Waals surface area contributed by atoms with E-state index in [-0.39, 0.29) is 11.7 Å². The third kappa shape index (κ3) is 3.84. The summed E-state index contributed by atoms with van der Waals surface area (Å²) in [6, 6.07) is 0. The number of allylic oxidation sites excluding steroid dienone is 1. The number of aliphatic hydroxyl groups is 1. The lowest BCUT2D eigenvalue weighted by atomic mass is 9.98. The quantitative estimate of drug-likeness (QED) is 0.490. The van der Waals surface area contributed by atoms with Crippen LogP contribution in [0.25, 0.3) is 0 Å². The SMILES string of the molecule is CCCCC(CC)C(O)=C=O. The molecule has 0 aliphatic heterocycles. The van der Waals surface area contributed by atoms with Crippen LogP contribution in [-0.2, 0) is 4.79 Å². The van der Waals surface area contributed by atoms with Crippen molar-refractivity contribution in [2.45, 2.75) is 39.5 Å². The molecule has 0 heterocycles. The van der Waals surface area contributed by atoms with Gasteiger partial charge in [-0.1, -0.05) is 26.7 Å². The first-order valence-corrected chi connectivity index (χ1v) is 4.20. The van der Waals surface area contributed by atoms with Crippen molar-refractivity contribution in [2.75, 3.05) is 0 Å². The highest BCUT2D eigenvalue weighted by Crippen LogP contribution is 2.17. The van der Waals surface area contributed by atoms with E-state index in [4.69, 9.17) is 5.11 Å². The monoisotopic (exact) mass is 156 g/mol. The van der Waals surface area contributed by atoms with Crippen LogP contribution in [0.2, 0.25) is 0 Å². The van der Waals surface area contributed by atoms with E-state index in [9.17, 15) is 4.79 Å². The molecule has 0 saturated heterocycles. The van der Waals surface area contributed by atoms with Gasteiger partial charge in [-0.25, -0.2) is 4.79 Å². The number of rotatable bonds is 5. The zero-order valence-corrected chi connectivity index (χ0v) is 7.26. The molecule has 0 aromatic carbocycles. The zero-order valence-electron chi connectivity index (χ0n) is 7.26. The summed E-state index contributed by atoms with van der Waals surface area (Å²) in [4.78, 5) is 10.1. The maximum absolute atomic E-state index is 10.1. The number of aliphatic hydroxyl groups excluding tert-OH is 1. The molecular weight excluding hydrogens is 140 g/mol. The largest absolute Gasteiger partial charge is 0.502 e. The average Bonchev–Trinajstić information content (AvgIpc) is 2.05. The Hall–Kier alpha value is -0.750. The molecule has 1 N–H and O–H groups in total. The van der Waals surface area contributed by atoms with E-state index < -0.39 is 0 Å². The molecule has 0 amide bonds. The molecule has 0 aromatic heterocycles. The third-order valence-corrected chi connectivity index (χ3v) is 1.89. The Morgan fingerprint density at radius 3 is 2.55 bits per heavy atom. The summed E-state index contributed by atoms with van der Waals surface area (Å²) in [6.07, 6.45) is 3.88. The van der Waals surface area contributed by atoms with Crippen molar-refractivity contribution < 1.29 is 9.90 Å². The molecule has 0 spiro atoms. The molecule has 0 bridgehead atoms. The number of carbonyl (C=O) groups excluding carboxylic acids is 1. The molecule has 0 aromatic rings. The minimum absolute atomic E-state index is 0.0347. The first kappa shape index (κ1) is 10.2. The Morgan fingerprint density at radius 2 is 2.18 bits per heavy atom. The summed E-state index contributed by atoms with van der Waals surface area (Å²) < 4.78 is 0. The molecule has 2 nitrogen and oxygen atoms in total. The van der Waals surface area contributed by atoms with Crippen LogP contribution in [0.5, 0.6) is 0 Å². The van der Waals surface area contributed by atoms with Crippen LogP contribution in [0.15, 0.2) is 5.76 Å². The highest BCUT2D eigenvalue weighted by atomic mass is 16.3. The van der Waals surface area contributed by atoms with Gasteiger partial charge in [0.15, 0.2) is 11.7 Å². The van der Waals surface area contributed by atoms with Crippen LogP contribution >= 0.6 is 0 Å².